The van der Waals surface area contributed by atoms with E-state index in [4.69, 9.17) is 10.5 Å². The van der Waals surface area contributed by atoms with Gasteiger partial charge in [-0.1, -0.05) is 19.1 Å². The van der Waals surface area contributed by atoms with Crippen LogP contribution in [-0.2, 0) is 4.74 Å². The number of nitrogens with zero attached hydrogens (tertiary/aromatic N) is 1. The molecule has 112 valence electrons. The van der Waals surface area contributed by atoms with Crippen molar-refractivity contribution < 1.29 is 9.13 Å². The molecule has 4 atom stereocenters. The molecule has 0 saturated carbocycles. The average Bonchev–Trinajstić information content (AvgIpc) is 2.42. The van der Waals surface area contributed by atoms with Gasteiger partial charge in [0.15, 0.2) is 0 Å². The Morgan fingerprint density at radius 2 is 2.00 bits per heavy atom. The van der Waals surface area contributed by atoms with Crippen molar-refractivity contribution in [3.8, 4) is 0 Å². The minimum absolute atomic E-state index is 0.00799. The second-order valence-electron chi connectivity index (χ2n) is 5.89. The Balaban J connectivity index is 2.18. The molecule has 1 heterocycles. The fourth-order valence-electron chi connectivity index (χ4n) is 3.12. The van der Waals surface area contributed by atoms with Crippen LogP contribution in [0, 0.1) is 11.7 Å². The van der Waals surface area contributed by atoms with Gasteiger partial charge in [0.25, 0.3) is 0 Å². The van der Waals surface area contributed by atoms with E-state index in [0.29, 0.717) is 5.92 Å². The van der Waals surface area contributed by atoms with Crippen LogP contribution >= 0.6 is 0 Å². The van der Waals surface area contributed by atoms with Crippen LogP contribution in [0.4, 0.5) is 4.39 Å². The summed E-state index contributed by atoms with van der Waals surface area (Å²) >= 11 is 0. The van der Waals surface area contributed by atoms with E-state index in [0.717, 1.165) is 25.1 Å². The number of halogens is 1. The first-order chi connectivity index (χ1) is 9.52. The third-order valence-corrected chi connectivity index (χ3v) is 4.33. The Hall–Kier alpha value is -0.970. The summed E-state index contributed by atoms with van der Waals surface area (Å²) in [4.78, 5) is 2.37. The van der Waals surface area contributed by atoms with Crippen LogP contribution in [0.2, 0.25) is 0 Å². The predicted octanol–water partition coefficient (Wildman–Crippen LogP) is 2.57. The molecule has 4 unspecified atom stereocenters. The topological polar surface area (TPSA) is 38.5 Å². The lowest BCUT2D eigenvalue weighted by atomic mass is 9.91. The number of hydrogen-bond acceptors (Lipinski definition) is 3. The molecule has 20 heavy (non-hydrogen) atoms. The van der Waals surface area contributed by atoms with Gasteiger partial charge in [-0.25, -0.2) is 4.39 Å². The number of rotatable bonds is 4. The van der Waals surface area contributed by atoms with Gasteiger partial charge in [0.1, 0.15) is 5.82 Å². The van der Waals surface area contributed by atoms with Crippen molar-refractivity contribution in [3.63, 3.8) is 0 Å². The molecule has 1 saturated heterocycles. The maximum absolute atomic E-state index is 13.1. The van der Waals surface area contributed by atoms with Gasteiger partial charge >= 0.3 is 0 Å². The van der Waals surface area contributed by atoms with E-state index in [2.05, 4.69) is 11.8 Å². The molecule has 1 fully saturated rings. The van der Waals surface area contributed by atoms with Crippen molar-refractivity contribution >= 4 is 0 Å². The van der Waals surface area contributed by atoms with Crippen LogP contribution in [0.5, 0.6) is 0 Å². The van der Waals surface area contributed by atoms with Crippen molar-refractivity contribution in [1.29, 1.82) is 0 Å². The number of hydrogen-bond donors (Lipinski definition) is 1. The van der Waals surface area contributed by atoms with Crippen LogP contribution in [-0.4, -0.2) is 37.2 Å². The van der Waals surface area contributed by atoms with E-state index >= 15 is 0 Å². The zero-order chi connectivity index (χ0) is 14.7. The lowest BCUT2D eigenvalue weighted by molar-refractivity contribution is -0.0224. The van der Waals surface area contributed by atoms with Gasteiger partial charge in [0.2, 0.25) is 0 Å². The highest BCUT2D eigenvalue weighted by molar-refractivity contribution is 5.21. The van der Waals surface area contributed by atoms with Gasteiger partial charge in [-0.3, -0.25) is 4.90 Å². The Bertz CT molecular complexity index is 421. The maximum atomic E-state index is 13.1. The largest absolute Gasteiger partial charge is 0.380 e. The number of benzene rings is 1. The Kier molecular flexibility index (Phi) is 5.13. The second kappa shape index (κ2) is 6.66. The molecule has 1 aromatic rings. The summed E-state index contributed by atoms with van der Waals surface area (Å²) in [5.41, 5.74) is 7.26. The molecule has 1 aromatic carbocycles. The Morgan fingerprint density at radius 1 is 1.35 bits per heavy atom. The van der Waals surface area contributed by atoms with Gasteiger partial charge in [-0.2, -0.15) is 0 Å². The molecular formula is C16H25FN2O. The number of likely N-dealkylation sites (tertiary alicyclic amines) is 1. The van der Waals surface area contributed by atoms with Crippen LogP contribution in [0.15, 0.2) is 24.3 Å². The lowest BCUT2D eigenvalue weighted by Crippen LogP contribution is -2.49. The summed E-state index contributed by atoms with van der Waals surface area (Å²) in [5, 5.41) is 0. The van der Waals surface area contributed by atoms with Crippen molar-refractivity contribution in [1.82, 2.24) is 4.90 Å². The van der Waals surface area contributed by atoms with E-state index < -0.39 is 0 Å². The van der Waals surface area contributed by atoms with Crippen LogP contribution in [0.25, 0.3) is 0 Å². The number of methoxy groups -OCH3 is 1. The molecule has 2 rings (SSSR count). The predicted molar refractivity (Wildman–Crippen MR) is 78.9 cm³/mol. The average molecular weight is 280 g/mol. The SMILES string of the molecule is COC1CN(C(c2ccc(F)cc2)C(C)N)CCC1C. The van der Waals surface area contributed by atoms with Crippen LogP contribution in [0.3, 0.4) is 0 Å². The van der Waals surface area contributed by atoms with Crippen LogP contribution in [0.1, 0.15) is 31.9 Å². The maximum Gasteiger partial charge on any atom is 0.123 e. The van der Waals surface area contributed by atoms with Gasteiger partial charge in [-0.05, 0) is 43.5 Å². The molecule has 4 heteroatoms. The fraction of sp³-hybridized carbons (Fsp3) is 0.625. The lowest BCUT2D eigenvalue weighted by Gasteiger charge is -2.42. The monoisotopic (exact) mass is 280 g/mol. The molecule has 0 radical (unpaired) electrons. The van der Waals surface area contributed by atoms with E-state index in [1.54, 1.807) is 7.11 Å². The summed E-state index contributed by atoms with van der Waals surface area (Å²) in [6.45, 7) is 6.12. The third-order valence-electron chi connectivity index (χ3n) is 4.33. The zero-order valence-corrected chi connectivity index (χ0v) is 12.6. The van der Waals surface area contributed by atoms with Crippen molar-refractivity contribution in [2.24, 2.45) is 11.7 Å². The highest BCUT2D eigenvalue weighted by Gasteiger charge is 2.32. The normalized spacial score (nSPS) is 27.2. The first-order valence-corrected chi connectivity index (χ1v) is 7.30. The fourth-order valence-corrected chi connectivity index (χ4v) is 3.12. The van der Waals surface area contributed by atoms with E-state index in [1.165, 1.54) is 12.1 Å². The van der Waals surface area contributed by atoms with Crippen molar-refractivity contribution in [2.75, 3.05) is 20.2 Å². The quantitative estimate of drug-likeness (QED) is 0.921. The molecule has 0 amide bonds. The first kappa shape index (κ1) is 15.4. The molecule has 0 aliphatic carbocycles. The molecular weight excluding hydrogens is 255 g/mol. The summed E-state index contributed by atoms with van der Waals surface area (Å²) in [7, 11) is 1.77. The zero-order valence-electron chi connectivity index (χ0n) is 12.6. The van der Waals surface area contributed by atoms with E-state index in [-0.39, 0.29) is 24.0 Å². The van der Waals surface area contributed by atoms with Crippen molar-refractivity contribution in [2.45, 2.75) is 38.5 Å². The second-order valence-corrected chi connectivity index (χ2v) is 5.89. The summed E-state index contributed by atoms with van der Waals surface area (Å²) in [5.74, 6) is 0.359. The molecule has 0 aromatic heterocycles. The summed E-state index contributed by atoms with van der Waals surface area (Å²) < 4.78 is 18.7. The summed E-state index contributed by atoms with van der Waals surface area (Å²) in [6, 6.07) is 6.79. The first-order valence-electron chi connectivity index (χ1n) is 7.30. The minimum atomic E-state index is -0.209. The molecule has 1 aliphatic rings. The molecule has 2 N–H and O–H groups in total. The minimum Gasteiger partial charge on any atom is -0.380 e. The van der Waals surface area contributed by atoms with E-state index in [1.807, 2.05) is 19.1 Å². The van der Waals surface area contributed by atoms with E-state index in [9.17, 15) is 4.39 Å². The van der Waals surface area contributed by atoms with Crippen molar-refractivity contribution in [3.05, 3.63) is 35.6 Å². The number of piperidine rings is 1. The molecule has 0 spiro atoms. The smallest absolute Gasteiger partial charge is 0.123 e. The summed E-state index contributed by atoms with van der Waals surface area (Å²) in [6.07, 6.45) is 1.34. The highest BCUT2D eigenvalue weighted by atomic mass is 19.1. The molecule has 3 nitrogen and oxygen atoms in total. The Labute approximate surface area is 120 Å². The molecule has 1 aliphatic heterocycles. The van der Waals surface area contributed by atoms with Gasteiger partial charge in [0.05, 0.1) is 6.10 Å². The highest BCUT2D eigenvalue weighted by Crippen LogP contribution is 2.29. The number of nitrogens with two attached hydrogens (primary N) is 1. The standard InChI is InChI=1S/C16H25FN2O/c1-11-8-9-19(10-15(11)20-3)16(12(2)18)13-4-6-14(17)7-5-13/h4-7,11-12,15-16H,8-10,18H2,1-3H3. The van der Waals surface area contributed by atoms with Gasteiger partial charge in [-0.15, -0.1) is 0 Å². The molecule has 0 bridgehead atoms. The van der Waals surface area contributed by atoms with Gasteiger partial charge in [0, 0.05) is 25.7 Å². The number of ether oxygens (including phenoxy) is 1. The Morgan fingerprint density at radius 3 is 2.55 bits per heavy atom. The van der Waals surface area contributed by atoms with Crippen LogP contribution < -0.4 is 5.73 Å². The van der Waals surface area contributed by atoms with Gasteiger partial charge < -0.3 is 10.5 Å². The third kappa shape index (κ3) is 3.37.